The van der Waals surface area contributed by atoms with Crippen LogP contribution in [0.3, 0.4) is 0 Å². The Morgan fingerprint density at radius 1 is 1.35 bits per heavy atom. The van der Waals surface area contributed by atoms with E-state index in [1.54, 1.807) is 12.1 Å². The summed E-state index contributed by atoms with van der Waals surface area (Å²) in [6.07, 6.45) is 2.56. The lowest BCUT2D eigenvalue weighted by Crippen LogP contribution is -2.33. The third-order valence-electron chi connectivity index (χ3n) is 4.55. The number of benzene rings is 1. The van der Waals surface area contributed by atoms with Crippen molar-refractivity contribution in [2.45, 2.75) is 45.6 Å². The highest BCUT2D eigenvalue weighted by Gasteiger charge is 2.31. The first-order chi connectivity index (χ1) is 12.3. The molecule has 7 heteroatoms. The molecule has 1 aromatic carbocycles. The summed E-state index contributed by atoms with van der Waals surface area (Å²) in [6.45, 7) is 4.72. The summed E-state index contributed by atoms with van der Waals surface area (Å²) in [5, 5.41) is 12.3. The van der Waals surface area contributed by atoms with E-state index < -0.39 is 11.9 Å². The Balaban J connectivity index is 2.06. The Labute approximate surface area is 158 Å². The van der Waals surface area contributed by atoms with Gasteiger partial charge in [0.2, 0.25) is 0 Å². The number of aliphatic carboxylic acids is 1. The van der Waals surface area contributed by atoms with Crippen molar-refractivity contribution in [2.75, 3.05) is 13.7 Å². The Kier molecular flexibility index (Phi) is 7.14. The first-order valence-corrected chi connectivity index (χ1v) is 9.23. The summed E-state index contributed by atoms with van der Waals surface area (Å²) in [5.74, 6) is -0.162. The zero-order valence-corrected chi connectivity index (χ0v) is 16.1. The average molecular weight is 384 g/mol. The zero-order chi connectivity index (χ0) is 19.3. The molecule has 1 saturated carbocycles. The Hall–Kier alpha value is -1.95. The third kappa shape index (κ3) is 5.27. The van der Waals surface area contributed by atoms with Gasteiger partial charge < -0.3 is 19.9 Å². The highest BCUT2D eigenvalue weighted by Crippen LogP contribution is 2.37. The molecule has 1 amide bonds. The molecular weight excluding hydrogens is 358 g/mol. The molecule has 26 heavy (non-hydrogen) atoms. The summed E-state index contributed by atoms with van der Waals surface area (Å²) in [6, 6.07) is 3.00. The van der Waals surface area contributed by atoms with E-state index in [9.17, 15) is 9.59 Å². The molecule has 1 aliphatic carbocycles. The Morgan fingerprint density at radius 3 is 2.65 bits per heavy atom. The van der Waals surface area contributed by atoms with Gasteiger partial charge in [-0.25, -0.2) is 0 Å². The minimum Gasteiger partial charge on any atom is -0.493 e. The molecule has 2 N–H and O–H groups in total. The van der Waals surface area contributed by atoms with Crippen molar-refractivity contribution < 1.29 is 24.2 Å². The van der Waals surface area contributed by atoms with Gasteiger partial charge in [0, 0.05) is 11.6 Å². The molecule has 2 atom stereocenters. The van der Waals surface area contributed by atoms with Gasteiger partial charge in [-0.3, -0.25) is 9.59 Å². The smallest absolute Gasteiger partial charge is 0.306 e. The van der Waals surface area contributed by atoms with Crippen LogP contribution >= 0.6 is 11.6 Å². The van der Waals surface area contributed by atoms with Crippen LogP contribution in [0.25, 0.3) is 0 Å². The highest BCUT2D eigenvalue weighted by molar-refractivity contribution is 6.32. The van der Waals surface area contributed by atoms with Gasteiger partial charge in [0.05, 0.1) is 24.7 Å². The number of nitrogens with one attached hydrogen (secondary N) is 1. The second kappa shape index (κ2) is 9.12. The number of halogens is 1. The van der Waals surface area contributed by atoms with Crippen molar-refractivity contribution >= 4 is 23.5 Å². The third-order valence-corrected chi connectivity index (χ3v) is 4.83. The van der Waals surface area contributed by atoms with E-state index in [0.29, 0.717) is 53.9 Å². The standard InChI is InChI=1S/C19H26ClNO5/c1-11(2)6-7-26-17-15(20)9-13(10-16(17)25-3)18(22)21-14-5-4-12(8-14)19(23)24/h9-12,14H,4-8H2,1-3H3,(H,21,22)(H,23,24)/t12-,14+/m0/s1. The molecule has 2 rings (SSSR count). The molecule has 0 saturated heterocycles. The predicted molar refractivity (Wildman–Crippen MR) is 99.2 cm³/mol. The molecule has 0 radical (unpaired) electrons. The van der Waals surface area contributed by atoms with Crippen LogP contribution < -0.4 is 14.8 Å². The number of methoxy groups -OCH3 is 1. The molecule has 0 aromatic heterocycles. The monoisotopic (exact) mass is 383 g/mol. The van der Waals surface area contributed by atoms with E-state index in [1.807, 2.05) is 0 Å². The second-order valence-electron chi connectivity index (χ2n) is 7.04. The van der Waals surface area contributed by atoms with Gasteiger partial charge in [0.25, 0.3) is 5.91 Å². The summed E-state index contributed by atoms with van der Waals surface area (Å²) >= 11 is 6.29. The van der Waals surface area contributed by atoms with Crippen LogP contribution in [-0.4, -0.2) is 36.7 Å². The fourth-order valence-electron chi connectivity index (χ4n) is 2.99. The number of carbonyl (C=O) groups excluding carboxylic acids is 1. The number of carboxylic acid groups (broad SMARTS) is 1. The largest absolute Gasteiger partial charge is 0.493 e. The fourth-order valence-corrected chi connectivity index (χ4v) is 3.26. The fraction of sp³-hybridized carbons (Fsp3) is 0.579. The van der Waals surface area contributed by atoms with Gasteiger partial charge in [-0.05, 0) is 43.7 Å². The van der Waals surface area contributed by atoms with Crippen molar-refractivity contribution in [3.05, 3.63) is 22.7 Å². The number of carbonyl (C=O) groups is 2. The predicted octanol–water partition coefficient (Wildman–Crippen LogP) is 3.76. The Morgan fingerprint density at radius 2 is 2.08 bits per heavy atom. The number of hydrogen-bond acceptors (Lipinski definition) is 4. The maximum atomic E-state index is 12.5. The van der Waals surface area contributed by atoms with Crippen LogP contribution in [0.15, 0.2) is 12.1 Å². The minimum absolute atomic E-state index is 0.143. The summed E-state index contributed by atoms with van der Waals surface area (Å²) in [5.41, 5.74) is 0.363. The molecule has 1 aliphatic rings. The summed E-state index contributed by atoms with van der Waals surface area (Å²) < 4.78 is 11.1. The van der Waals surface area contributed by atoms with Gasteiger partial charge >= 0.3 is 5.97 Å². The van der Waals surface area contributed by atoms with Crippen LogP contribution in [0.2, 0.25) is 5.02 Å². The molecule has 0 heterocycles. The van der Waals surface area contributed by atoms with Crippen LogP contribution in [0.4, 0.5) is 0 Å². The number of hydrogen-bond donors (Lipinski definition) is 2. The SMILES string of the molecule is COc1cc(C(=O)N[C@@H]2CC[C@H](C(=O)O)C2)cc(Cl)c1OCCC(C)C. The van der Waals surface area contributed by atoms with E-state index in [2.05, 4.69) is 19.2 Å². The van der Waals surface area contributed by atoms with Crippen molar-refractivity contribution in [3.63, 3.8) is 0 Å². The van der Waals surface area contributed by atoms with Crippen LogP contribution in [0.5, 0.6) is 11.5 Å². The second-order valence-corrected chi connectivity index (χ2v) is 7.45. The van der Waals surface area contributed by atoms with Crippen LogP contribution in [-0.2, 0) is 4.79 Å². The summed E-state index contributed by atoms with van der Waals surface area (Å²) in [4.78, 5) is 23.5. The molecule has 1 fully saturated rings. The van der Waals surface area contributed by atoms with Gasteiger partial charge in [-0.15, -0.1) is 0 Å². The van der Waals surface area contributed by atoms with Crippen molar-refractivity contribution in [1.29, 1.82) is 0 Å². The molecule has 0 spiro atoms. The van der Waals surface area contributed by atoms with E-state index >= 15 is 0 Å². The molecule has 0 aliphatic heterocycles. The topological polar surface area (TPSA) is 84.9 Å². The van der Waals surface area contributed by atoms with Crippen molar-refractivity contribution in [1.82, 2.24) is 5.32 Å². The van der Waals surface area contributed by atoms with Gasteiger partial charge in [-0.2, -0.15) is 0 Å². The maximum absolute atomic E-state index is 12.5. The number of rotatable bonds is 8. The van der Waals surface area contributed by atoms with Crippen LogP contribution in [0, 0.1) is 11.8 Å². The first-order valence-electron chi connectivity index (χ1n) is 8.85. The molecule has 6 nitrogen and oxygen atoms in total. The average Bonchev–Trinajstić information content (AvgIpc) is 3.04. The quantitative estimate of drug-likeness (QED) is 0.714. The van der Waals surface area contributed by atoms with Gasteiger partial charge in [-0.1, -0.05) is 25.4 Å². The summed E-state index contributed by atoms with van der Waals surface area (Å²) in [7, 11) is 1.50. The van der Waals surface area contributed by atoms with Gasteiger partial charge in [0.15, 0.2) is 11.5 Å². The zero-order valence-electron chi connectivity index (χ0n) is 15.4. The van der Waals surface area contributed by atoms with Crippen molar-refractivity contribution in [3.8, 4) is 11.5 Å². The van der Waals surface area contributed by atoms with E-state index in [0.717, 1.165) is 6.42 Å². The van der Waals surface area contributed by atoms with Crippen molar-refractivity contribution in [2.24, 2.45) is 11.8 Å². The number of amides is 1. The molecular formula is C19H26ClNO5. The lowest BCUT2D eigenvalue weighted by atomic mass is 10.1. The van der Waals surface area contributed by atoms with E-state index in [4.69, 9.17) is 26.2 Å². The lowest BCUT2D eigenvalue weighted by molar-refractivity contribution is -0.141. The molecule has 1 aromatic rings. The molecule has 0 unspecified atom stereocenters. The molecule has 0 bridgehead atoms. The van der Waals surface area contributed by atoms with E-state index in [1.165, 1.54) is 7.11 Å². The van der Waals surface area contributed by atoms with E-state index in [-0.39, 0.29) is 11.9 Å². The van der Waals surface area contributed by atoms with Gasteiger partial charge in [0.1, 0.15) is 0 Å². The molecule has 144 valence electrons. The highest BCUT2D eigenvalue weighted by atomic mass is 35.5. The normalized spacial score (nSPS) is 19.4. The minimum atomic E-state index is -0.811. The number of carboxylic acids is 1. The lowest BCUT2D eigenvalue weighted by Gasteiger charge is -2.16. The maximum Gasteiger partial charge on any atom is 0.306 e. The number of ether oxygens (including phenoxy) is 2. The Bertz CT molecular complexity index is 662. The van der Waals surface area contributed by atoms with Crippen LogP contribution in [0.1, 0.15) is 49.9 Å². The first kappa shape index (κ1) is 20.4.